The molecule has 0 aliphatic carbocycles. The Morgan fingerprint density at radius 3 is 2.26 bits per heavy atom. The minimum absolute atomic E-state index is 0.145. The predicted molar refractivity (Wildman–Crippen MR) is 104 cm³/mol. The van der Waals surface area contributed by atoms with Crippen LogP contribution in [0, 0.1) is 0 Å². The van der Waals surface area contributed by atoms with Crippen LogP contribution < -0.4 is 0 Å². The summed E-state index contributed by atoms with van der Waals surface area (Å²) in [5.74, 6) is -2.29. The van der Waals surface area contributed by atoms with Crippen LogP contribution >= 0.6 is 0 Å². The normalized spacial score (nSPS) is 14.8. The number of hydrogen-bond donors (Lipinski definition) is 0. The number of benzene rings is 1. The maximum Gasteiger partial charge on any atom is 0.454 e. The van der Waals surface area contributed by atoms with Gasteiger partial charge in [0.15, 0.2) is 5.76 Å². The van der Waals surface area contributed by atoms with Gasteiger partial charge in [0.25, 0.3) is 11.7 Å². The summed E-state index contributed by atoms with van der Waals surface area (Å²) in [6.45, 7) is 1.00. The molecule has 0 atom stereocenters. The van der Waals surface area contributed by atoms with Gasteiger partial charge in [0.1, 0.15) is 6.54 Å². The van der Waals surface area contributed by atoms with Gasteiger partial charge >= 0.3 is 6.18 Å². The fourth-order valence-electron chi connectivity index (χ4n) is 3.67. The molecule has 1 fully saturated rings. The van der Waals surface area contributed by atoms with Crippen LogP contribution in [0.3, 0.4) is 0 Å². The summed E-state index contributed by atoms with van der Waals surface area (Å²) < 4.78 is 45.3. The fraction of sp³-hybridized carbons (Fsp3) is 0.286. The monoisotopic (exact) mass is 433 g/mol. The Kier molecular flexibility index (Phi) is 5.30. The molecule has 1 aliphatic heterocycles. The highest BCUT2D eigenvalue weighted by atomic mass is 19.4. The molecular formula is C21H18F3N3O4. The van der Waals surface area contributed by atoms with Crippen LogP contribution in [0.15, 0.2) is 53.3 Å². The summed E-state index contributed by atoms with van der Waals surface area (Å²) in [5, 5.41) is 0.145. The van der Waals surface area contributed by atoms with Gasteiger partial charge < -0.3 is 18.8 Å². The van der Waals surface area contributed by atoms with Crippen LogP contribution in [0.2, 0.25) is 0 Å². The summed E-state index contributed by atoms with van der Waals surface area (Å²) in [5.41, 5.74) is -0.111. The zero-order chi connectivity index (χ0) is 22.2. The molecule has 3 heterocycles. The summed E-state index contributed by atoms with van der Waals surface area (Å²) in [6, 6.07) is 9.34. The van der Waals surface area contributed by atoms with Crippen molar-refractivity contribution in [1.82, 2.24) is 14.4 Å². The van der Waals surface area contributed by atoms with E-state index in [1.54, 1.807) is 34.1 Å². The average Bonchev–Trinajstić information content (AvgIpc) is 3.41. The molecule has 0 saturated carbocycles. The van der Waals surface area contributed by atoms with Crippen molar-refractivity contribution in [3.8, 4) is 0 Å². The average molecular weight is 433 g/mol. The number of amides is 2. The third-order valence-electron chi connectivity index (χ3n) is 5.25. The topological polar surface area (TPSA) is 75.8 Å². The number of rotatable bonds is 4. The zero-order valence-electron chi connectivity index (χ0n) is 16.3. The summed E-state index contributed by atoms with van der Waals surface area (Å²) in [6.07, 6.45) is -2.52. The number of alkyl halides is 3. The number of ketones is 1. The van der Waals surface area contributed by atoms with Crippen molar-refractivity contribution in [2.75, 3.05) is 26.2 Å². The SMILES string of the molecule is O=C(Cn1cc(C(=O)C(F)(F)F)c2ccccc21)N1CCN(C(=O)c2ccco2)CC1. The van der Waals surface area contributed by atoms with Crippen molar-refractivity contribution < 1.29 is 32.0 Å². The van der Waals surface area contributed by atoms with Gasteiger partial charge in [-0.05, 0) is 18.2 Å². The molecule has 3 aromatic rings. The molecule has 1 saturated heterocycles. The van der Waals surface area contributed by atoms with E-state index in [-0.39, 0.29) is 29.5 Å². The van der Waals surface area contributed by atoms with E-state index in [4.69, 9.17) is 4.42 Å². The van der Waals surface area contributed by atoms with Crippen LogP contribution in [-0.4, -0.2) is 64.3 Å². The lowest BCUT2D eigenvalue weighted by atomic mass is 10.1. The first kappa shape index (κ1) is 20.7. The molecule has 1 aliphatic rings. The summed E-state index contributed by atoms with van der Waals surface area (Å²) in [7, 11) is 0. The van der Waals surface area contributed by atoms with Crippen molar-refractivity contribution in [3.05, 3.63) is 60.2 Å². The Bertz CT molecular complexity index is 1130. The highest BCUT2D eigenvalue weighted by Crippen LogP contribution is 2.28. The number of piperazine rings is 1. The summed E-state index contributed by atoms with van der Waals surface area (Å²) in [4.78, 5) is 40.0. The molecule has 2 amide bonds. The molecule has 162 valence electrons. The molecule has 2 aromatic heterocycles. The van der Waals surface area contributed by atoms with Crippen LogP contribution in [0.5, 0.6) is 0 Å². The molecule has 0 spiro atoms. The predicted octanol–water partition coefficient (Wildman–Crippen LogP) is 2.96. The number of hydrogen-bond acceptors (Lipinski definition) is 4. The van der Waals surface area contributed by atoms with E-state index in [1.807, 2.05) is 0 Å². The summed E-state index contributed by atoms with van der Waals surface area (Å²) >= 11 is 0. The molecule has 0 bridgehead atoms. The van der Waals surface area contributed by atoms with Gasteiger partial charge in [-0.15, -0.1) is 0 Å². The molecule has 31 heavy (non-hydrogen) atoms. The van der Waals surface area contributed by atoms with E-state index in [2.05, 4.69) is 0 Å². The van der Waals surface area contributed by atoms with E-state index in [9.17, 15) is 27.6 Å². The number of nitrogens with zero attached hydrogens (tertiary/aromatic N) is 3. The minimum atomic E-state index is -5.00. The van der Waals surface area contributed by atoms with Crippen molar-refractivity contribution >= 4 is 28.5 Å². The van der Waals surface area contributed by atoms with Crippen LogP contribution in [0.1, 0.15) is 20.9 Å². The van der Waals surface area contributed by atoms with Crippen LogP contribution in [0.4, 0.5) is 13.2 Å². The van der Waals surface area contributed by atoms with Crippen molar-refractivity contribution in [2.24, 2.45) is 0 Å². The third-order valence-corrected chi connectivity index (χ3v) is 5.25. The smallest absolute Gasteiger partial charge is 0.454 e. The molecular weight excluding hydrogens is 415 g/mol. The zero-order valence-corrected chi connectivity index (χ0v) is 16.3. The molecule has 7 nitrogen and oxygen atoms in total. The van der Waals surface area contributed by atoms with E-state index in [0.29, 0.717) is 31.7 Å². The molecule has 0 N–H and O–H groups in total. The quantitative estimate of drug-likeness (QED) is 0.593. The second-order valence-electron chi connectivity index (χ2n) is 7.16. The third kappa shape index (κ3) is 4.05. The number of halogens is 3. The number of carbonyl (C=O) groups is 3. The molecule has 1 aromatic carbocycles. The second-order valence-corrected chi connectivity index (χ2v) is 7.16. The van der Waals surface area contributed by atoms with Crippen molar-refractivity contribution in [3.63, 3.8) is 0 Å². The van der Waals surface area contributed by atoms with Crippen molar-refractivity contribution in [1.29, 1.82) is 0 Å². The van der Waals surface area contributed by atoms with E-state index >= 15 is 0 Å². The Balaban J connectivity index is 1.47. The maximum atomic E-state index is 13.0. The Morgan fingerprint density at radius 1 is 0.935 bits per heavy atom. The number of para-hydroxylation sites is 1. The van der Waals surface area contributed by atoms with Gasteiger partial charge in [-0.1, -0.05) is 18.2 Å². The maximum absolute atomic E-state index is 13.0. The molecule has 10 heteroatoms. The largest absolute Gasteiger partial charge is 0.459 e. The molecule has 0 radical (unpaired) electrons. The fourth-order valence-corrected chi connectivity index (χ4v) is 3.67. The Labute approximate surface area is 174 Å². The van der Waals surface area contributed by atoms with Gasteiger partial charge in [0.05, 0.1) is 11.8 Å². The number of furan rings is 1. The lowest BCUT2D eigenvalue weighted by Crippen LogP contribution is -2.51. The van der Waals surface area contributed by atoms with Gasteiger partial charge in [-0.2, -0.15) is 13.2 Å². The first-order valence-electron chi connectivity index (χ1n) is 9.55. The first-order valence-corrected chi connectivity index (χ1v) is 9.55. The highest BCUT2D eigenvalue weighted by Gasteiger charge is 2.41. The number of aromatic nitrogens is 1. The number of carbonyl (C=O) groups excluding carboxylic acids is 3. The second kappa shape index (κ2) is 7.93. The van der Waals surface area contributed by atoms with E-state index in [0.717, 1.165) is 6.20 Å². The lowest BCUT2D eigenvalue weighted by molar-refractivity contribution is -0.133. The molecule has 0 unspecified atom stereocenters. The van der Waals surface area contributed by atoms with Crippen molar-refractivity contribution in [2.45, 2.75) is 12.7 Å². The van der Waals surface area contributed by atoms with E-state index in [1.165, 1.54) is 23.0 Å². The number of fused-ring (bicyclic) bond motifs is 1. The highest BCUT2D eigenvalue weighted by molar-refractivity contribution is 6.10. The number of Topliss-reactive ketones (excluding diaryl/α,β-unsaturated/α-hetero) is 1. The van der Waals surface area contributed by atoms with Crippen LogP contribution in [0.25, 0.3) is 10.9 Å². The van der Waals surface area contributed by atoms with Gasteiger partial charge in [-0.3, -0.25) is 14.4 Å². The van der Waals surface area contributed by atoms with Gasteiger partial charge in [-0.25, -0.2) is 0 Å². The minimum Gasteiger partial charge on any atom is -0.459 e. The van der Waals surface area contributed by atoms with Gasteiger partial charge in [0.2, 0.25) is 5.91 Å². The van der Waals surface area contributed by atoms with E-state index < -0.39 is 17.5 Å². The first-order chi connectivity index (χ1) is 14.8. The Morgan fingerprint density at radius 2 is 1.61 bits per heavy atom. The Hall–Kier alpha value is -3.56. The lowest BCUT2D eigenvalue weighted by Gasteiger charge is -2.34. The van der Waals surface area contributed by atoms with Crippen LogP contribution in [-0.2, 0) is 11.3 Å². The van der Waals surface area contributed by atoms with Gasteiger partial charge in [0, 0.05) is 43.3 Å². The standard InChI is InChI=1S/C21H18F3N3O4/c22-21(23,24)19(29)15-12-27(16-5-2-1-4-14(15)16)13-18(28)25-7-9-26(10-8-25)20(30)17-6-3-11-31-17/h1-6,11-12H,7-10,13H2. The molecule has 4 rings (SSSR count).